The van der Waals surface area contributed by atoms with Crippen LogP contribution in [0, 0.1) is 13.8 Å². The molecule has 0 aliphatic carbocycles. The molecule has 1 spiro atoms. The summed E-state index contributed by atoms with van der Waals surface area (Å²) < 4.78 is 12.3. The number of ketones is 1. The molecule has 1 amide bonds. The standard InChI is InChI=1S/C28H27NO4/c1-19-15-20(2)26-24(30)18-28(33-25(26)16-19)11-13-29(14-12-28)27(31)21-7-6-10-23(17-21)32-22-8-4-3-5-9-22/h3-10,15-17H,11-14,18H2,1-2H3. The number of benzene rings is 3. The summed E-state index contributed by atoms with van der Waals surface area (Å²) in [6.07, 6.45) is 1.64. The van der Waals surface area contributed by atoms with E-state index in [0.29, 0.717) is 55.0 Å². The van der Waals surface area contributed by atoms with Gasteiger partial charge in [-0.3, -0.25) is 9.59 Å². The van der Waals surface area contributed by atoms with Crippen molar-refractivity contribution in [2.75, 3.05) is 13.1 Å². The minimum atomic E-state index is -0.528. The average Bonchev–Trinajstić information content (AvgIpc) is 2.79. The van der Waals surface area contributed by atoms with Crippen LogP contribution in [0.1, 0.15) is 51.1 Å². The SMILES string of the molecule is Cc1cc(C)c2c(c1)OC1(CCN(C(=O)c3cccc(Oc4ccccc4)c3)CC1)CC2=O. The van der Waals surface area contributed by atoms with E-state index >= 15 is 0 Å². The number of carbonyl (C=O) groups excluding carboxylic acids is 2. The maximum Gasteiger partial charge on any atom is 0.253 e. The van der Waals surface area contributed by atoms with Crippen LogP contribution >= 0.6 is 0 Å². The molecule has 2 aliphatic rings. The van der Waals surface area contributed by atoms with Gasteiger partial charge in [-0.25, -0.2) is 0 Å². The second kappa shape index (κ2) is 8.39. The first-order valence-corrected chi connectivity index (χ1v) is 11.4. The number of piperidine rings is 1. The Morgan fingerprint density at radius 3 is 2.42 bits per heavy atom. The van der Waals surface area contributed by atoms with Crippen molar-refractivity contribution in [3.05, 3.63) is 89.0 Å². The highest BCUT2D eigenvalue weighted by atomic mass is 16.5. The van der Waals surface area contributed by atoms with Crippen LogP contribution in [0.5, 0.6) is 17.2 Å². The van der Waals surface area contributed by atoms with Crippen molar-refractivity contribution in [3.8, 4) is 17.2 Å². The van der Waals surface area contributed by atoms with Crippen molar-refractivity contribution < 1.29 is 19.1 Å². The van der Waals surface area contributed by atoms with Crippen LogP contribution in [0.25, 0.3) is 0 Å². The Hall–Kier alpha value is -3.60. The summed E-state index contributed by atoms with van der Waals surface area (Å²) in [4.78, 5) is 28.0. The smallest absolute Gasteiger partial charge is 0.253 e. The summed E-state index contributed by atoms with van der Waals surface area (Å²) in [6, 6.07) is 20.8. The third-order valence-electron chi connectivity index (χ3n) is 6.55. The third kappa shape index (κ3) is 4.23. The molecule has 0 radical (unpaired) electrons. The molecule has 0 unspecified atom stereocenters. The van der Waals surface area contributed by atoms with Crippen molar-refractivity contribution in [3.63, 3.8) is 0 Å². The van der Waals surface area contributed by atoms with Gasteiger partial charge in [0.25, 0.3) is 5.91 Å². The molecule has 0 saturated carbocycles. The van der Waals surface area contributed by atoms with Gasteiger partial charge in [0, 0.05) is 31.5 Å². The summed E-state index contributed by atoms with van der Waals surface area (Å²) >= 11 is 0. The Balaban J connectivity index is 1.28. The fourth-order valence-electron chi connectivity index (χ4n) is 4.91. The van der Waals surface area contributed by atoms with Crippen LogP contribution < -0.4 is 9.47 Å². The van der Waals surface area contributed by atoms with E-state index < -0.39 is 5.60 Å². The van der Waals surface area contributed by atoms with Crippen molar-refractivity contribution >= 4 is 11.7 Å². The molecule has 2 heterocycles. The quantitative estimate of drug-likeness (QED) is 0.520. The molecule has 0 N–H and O–H groups in total. The molecule has 168 valence electrons. The lowest BCUT2D eigenvalue weighted by Crippen LogP contribution is -2.52. The number of carbonyl (C=O) groups is 2. The fourth-order valence-corrected chi connectivity index (χ4v) is 4.91. The Labute approximate surface area is 193 Å². The van der Waals surface area contributed by atoms with Crippen LogP contribution in [0.15, 0.2) is 66.7 Å². The molecular weight excluding hydrogens is 414 g/mol. The zero-order valence-corrected chi connectivity index (χ0v) is 19.0. The van der Waals surface area contributed by atoms with Gasteiger partial charge in [0.1, 0.15) is 22.8 Å². The van der Waals surface area contributed by atoms with Crippen LogP contribution in [-0.2, 0) is 0 Å². The monoisotopic (exact) mass is 441 g/mol. The minimum absolute atomic E-state index is 0.0300. The first-order chi connectivity index (χ1) is 15.9. The topological polar surface area (TPSA) is 55.8 Å². The molecule has 5 rings (SSSR count). The van der Waals surface area contributed by atoms with E-state index in [1.54, 1.807) is 6.07 Å². The number of ether oxygens (including phenoxy) is 2. The number of hydrogen-bond donors (Lipinski definition) is 0. The summed E-state index contributed by atoms with van der Waals surface area (Å²) in [5, 5.41) is 0. The maximum atomic E-state index is 13.2. The van der Waals surface area contributed by atoms with Gasteiger partial charge in [-0.2, -0.15) is 0 Å². The van der Waals surface area contributed by atoms with Crippen molar-refractivity contribution in [1.82, 2.24) is 4.90 Å². The van der Waals surface area contributed by atoms with E-state index in [0.717, 1.165) is 16.9 Å². The summed E-state index contributed by atoms with van der Waals surface area (Å²) in [5.74, 6) is 2.15. The zero-order valence-electron chi connectivity index (χ0n) is 19.0. The summed E-state index contributed by atoms with van der Waals surface area (Å²) in [7, 11) is 0. The number of fused-ring (bicyclic) bond motifs is 1. The molecule has 2 aliphatic heterocycles. The molecule has 5 heteroatoms. The number of aryl methyl sites for hydroxylation is 2. The van der Waals surface area contributed by atoms with Gasteiger partial charge in [-0.05, 0) is 61.4 Å². The van der Waals surface area contributed by atoms with Crippen molar-refractivity contribution in [1.29, 1.82) is 0 Å². The summed E-state index contributed by atoms with van der Waals surface area (Å²) in [5.41, 5.74) is 2.83. The molecule has 0 atom stereocenters. The van der Waals surface area contributed by atoms with E-state index in [2.05, 4.69) is 0 Å². The van der Waals surface area contributed by atoms with Gasteiger partial charge < -0.3 is 14.4 Å². The lowest BCUT2D eigenvalue weighted by molar-refractivity contribution is -0.00581. The largest absolute Gasteiger partial charge is 0.486 e. The molecule has 3 aromatic carbocycles. The van der Waals surface area contributed by atoms with Gasteiger partial charge in [0.05, 0.1) is 12.0 Å². The van der Waals surface area contributed by atoms with E-state index in [4.69, 9.17) is 9.47 Å². The van der Waals surface area contributed by atoms with Gasteiger partial charge in [-0.1, -0.05) is 30.3 Å². The number of hydrogen-bond acceptors (Lipinski definition) is 4. The second-order valence-electron chi connectivity index (χ2n) is 9.08. The van der Waals surface area contributed by atoms with Crippen molar-refractivity contribution in [2.45, 2.75) is 38.7 Å². The highest BCUT2D eigenvalue weighted by Gasteiger charge is 2.44. The molecule has 0 bridgehead atoms. The number of likely N-dealkylation sites (tertiary alicyclic amines) is 1. The van der Waals surface area contributed by atoms with Crippen LogP contribution in [0.3, 0.4) is 0 Å². The lowest BCUT2D eigenvalue weighted by atomic mass is 9.81. The van der Waals surface area contributed by atoms with Gasteiger partial charge in [-0.15, -0.1) is 0 Å². The highest BCUT2D eigenvalue weighted by molar-refractivity contribution is 6.02. The molecular formula is C28H27NO4. The van der Waals surface area contributed by atoms with Crippen LogP contribution in [-0.4, -0.2) is 35.3 Å². The molecule has 1 fully saturated rings. The Bertz CT molecular complexity index is 1210. The lowest BCUT2D eigenvalue weighted by Gasteiger charge is -2.44. The number of amides is 1. The molecule has 33 heavy (non-hydrogen) atoms. The molecule has 3 aromatic rings. The minimum Gasteiger partial charge on any atom is -0.486 e. The van der Waals surface area contributed by atoms with Crippen LogP contribution in [0.4, 0.5) is 0 Å². The van der Waals surface area contributed by atoms with Crippen molar-refractivity contribution in [2.24, 2.45) is 0 Å². The first kappa shape index (κ1) is 21.3. The van der Waals surface area contributed by atoms with E-state index in [9.17, 15) is 9.59 Å². The van der Waals surface area contributed by atoms with E-state index in [1.165, 1.54) is 0 Å². The fraction of sp³-hybridized carbons (Fsp3) is 0.286. The Morgan fingerprint density at radius 1 is 0.939 bits per heavy atom. The number of nitrogens with zero attached hydrogens (tertiary/aromatic N) is 1. The number of para-hydroxylation sites is 1. The van der Waals surface area contributed by atoms with Gasteiger partial charge >= 0.3 is 0 Å². The Morgan fingerprint density at radius 2 is 1.67 bits per heavy atom. The Kier molecular flexibility index (Phi) is 5.41. The second-order valence-corrected chi connectivity index (χ2v) is 9.08. The summed E-state index contributed by atoms with van der Waals surface area (Å²) in [6.45, 7) is 5.08. The molecule has 5 nitrogen and oxygen atoms in total. The van der Waals surface area contributed by atoms with E-state index in [-0.39, 0.29) is 11.7 Å². The normalized spacial score (nSPS) is 16.8. The molecule has 1 saturated heterocycles. The average molecular weight is 442 g/mol. The first-order valence-electron chi connectivity index (χ1n) is 11.4. The zero-order chi connectivity index (χ0) is 23.0. The number of Topliss-reactive ketones (excluding diaryl/α,β-unsaturated/α-hetero) is 1. The number of rotatable bonds is 3. The van der Waals surface area contributed by atoms with E-state index in [1.807, 2.05) is 79.4 Å². The molecule has 0 aromatic heterocycles. The van der Waals surface area contributed by atoms with Gasteiger partial charge in [0.15, 0.2) is 5.78 Å². The van der Waals surface area contributed by atoms with Gasteiger partial charge in [0.2, 0.25) is 0 Å². The van der Waals surface area contributed by atoms with Crippen LogP contribution in [0.2, 0.25) is 0 Å². The highest BCUT2D eigenvalue weighted by Crippen LogP contribution is 2.41. The maximum absolute atomic E-state index is 13.2. The third-order valence-corrected chi connectivity index (χ3v) is 6.55. The predicted octanol–water partition coefficient (Wildman–Crippen LogP) is 5.74. The predicted molar refractivity (Wildman–Crippen MR) is 126 cm³/mol.